The number of nitrogens with one attached hydrogen (secondary N) is 1. The zero-order valence-electron chi connectivity index (χ0n) is 16.2. The Labute approximate surface area is 164 Å². The highest BCUT2D eigenvalue weighted by atomic mass is 16.2. The zero-order chi connectivity index (χ0) is 19.7. The van der Waals surface area contributed by atoms with E-state index in [0.717, 1.165) is 42.1 Å². The Morgan fingerprint density at radius 2 is 1.93 bits per heavy atom. The Morgan fingerprint density at radius 1 is 1.18 bits per heavy atom. The number of amides is 2. The van der Waals surface area contributed by atoms with Gasteiger partial charge in [0.25, 0.3) is 5.91 Å². The molecule has 28 heavy (non-hydrogen) atoms. The Balaban J connectivity index is 1.51. The van der Waals surface area contributed by atoms with Gasteiger partial charge in [-0.3, -0.25) is 9.59 Å². The molecule has 1 atom stereocenters. The standard InChI is InChI=1S/C22H24N4O2/c1-3-25-19-8-5-4-7-18(19)24-21(25)15(2)23-22(28)16-10-12-17(13-11-16)26-14-6-9-20(26)27/h4-5,7-8,10-13,15H,3,6,9,14H2,1-2H3,(H,23,28). The summed E-state index contributed by atoms with van der Waals surface area (Å²) in [5.41, 5.74) is 3.42. The number of benzene rings is 2. The first-order chi connectivity index (χ1) is 13.6. The highest BCUT2D eigenvalue weighted by molar-refractivity contribution is 5.97. The molecule has 0 aliphatic carbocycles. The number of carbonyl (C=O) groups is 2. The van der Waals surface area contributed by atoms with Crippen molar-refractivity contribution >= 4 is 28.5 Å². The second-order valence-corrected chi connectivity index (χ2v) is 7.09. The fourth-order valence-corrected chi connectivity index (χ4v) is 3.82. The fraction of sp³-hybridized carbons (Fsp3) is 0.318. The number of hydrogen-bond donors (Lipinski definition) is 1. The van der Waals surface area contributed by atoms with Crippen LogP contribution in [0.4, 0.5) is 5.69 Å². The minimum atomic E-state index is -0.223. The van der Waals surface area contributed by atoms with E-state index in [9.17, 15) is 9.59 Å². The molecular formula is C22H24N4O2. The van der Waals surface area contributed by atoms with Gasteiger partial charge in [-0.1, -0.05) is 12.1 Å². The van der Waals surface area contributed by atoms with Crippen LogP contribution in [0.5, 0.6) is 0 Å². The number of aryl methyl sites for hydroxylation is 1. The highest BCUT2D eigenvalue weighted by Gasteiger charge is 2.22. The van der Waals surface area contributed by atoms with Crippen molar-refractivity contribution in [3.8, 4) is 0 Å². The van der Waals surface area contributed by atoms with Crippen LogP contribution in [0.2, 0.25) is 0 Å². The van der Waals surface area contributed by atoms with Crippen LogP contribution in [-0.4, -0.2) is 27.9 Å². The van der Waals surface area contributed by atoms with Crippen LogP contribution in [0, 0.1) is 0 Å². The van der Waals surface area contributed by atoms with Gasteiger partial charge >= 0.3 is 0 Å². The van der Waals surface area contributed by atoms with Crippen molar-refractivity contribution < 1.29 is 9.59 Å². The third kappa shape index (κ3) is 3.26. The van der Waals surface area contributed by atoms with Gasteiger partial charge in [-0.2, -0.15) is 0 Å². The van der Waals surface area contributed by atoms with Crippen LogP contribution >= 0.6 is 0 Å². The second kappa shape index (κ2) is 7.46. The monoisotopic (exact) mass is 376 g/mol. The SMILES string of the molecule is CCn1c(C(C)NC(=O)c2ccc(N3CCCC3=O)cc2)nc2ccccc21. The molecule has 4 rings (SSSR count). The lowest BCUT2D eigenvalue weighted by atomic mass is 10.1. The van der Waals surface area contributed by atoms with Gasteiger partial charge < -0.3 is 14.8 Å². The molecule has 3 aromatic rings. The van der Waals surface area contributed by atoms with Crippen LogP contribution in [0.1, 0.15) is 48.9 Å². The lowest BCUT2D eigenvalue weighted by Crippen LogP contribution is -2.29. The second-order valence-electron chi connectivity index (χ2n) is 7.09. The van der Waals surface area contributed by atoms with Gasteiger partial charge in [0, 0.05) is 30.8 Å². The van der Waals surface area contributed by atoms with Crippen molar-refractivity contribution in [2.45, 2.75) is 39.3 Å². The molecule has 144 valence electrons. The van der Waals surface area contributed by atoms with Crippen LogP contribution in [0.15, 0.2) is 48.5 Å². The molecule has 2 amide bonds. The van der Waals surface area contributed by atoms with E-state index in [0.29, 0.717) is 12.0 Å². The van der Waals surface area contributed by atoms with Crippen molar-refractivity contribution in [2.24, 2.45) is 0 Å². The molecule has 2 heterocycles. The summed E-state index contributed by atoms with van der Waals surface area (Å²) in [6.07, 6.45) is 1.48. The van der Waals surface area contributed by atoms with Crippen LogP contribution in [0.25, 0.3) is 11.0 Å². The molecule has 6 heteroatoms. The molecule has 0 radical (unpaired) electrons. The molecule has 0 bridgehead atoms. The van der Waals surface area contributed by atoms with Crippen molar-refractivity contribution in [1.29, 1.82) is 0 Å². The molecule has 0 spiro atoms. The number of carbonyl (C=O) groups excluding carboxylic acids is 2. The minimum absolute atomic E-state index is 0.143. The number of hydrogen-bond acceptors (Lipinski definition) is 3. The largest absolute Gasteiger partial charge is 0.342 e. The molecule has 1 saturated heterocycles. The Kier molecular flexibility index (Phi) is 4.86. The van der Waals surface area contributed by atoms with E-state index in [1.165, 1.54) is 0 Å². The van der Waals surface area contributed by atoms with E-state index in [1.54, 1.807) is 17.0 Å². The van der Waals surface area contributed by atoms with Crippen molar-refractivity contribution in [3.63, 3.8) is 0 Å². The summed E-state index contributed by atoms with van der Waals surface area (Å²) >= 11 is 0. The molecule has 1 unspecified atom stereocenters. The normalized spacial score (nSPS) is 15.2. The van der Waals surface area contributed by atoms with Crippen molar-refractivity contribution in [1.82, 2.24) is 14.9 Å². The number of fused-ring (bicyclic) bond motifs is 1. The van der Waals surface area contributed by atoms with Gasteiger partial charge in [-0.05, 0) is 56.7 Å². The lowest BCUT2D eigenvalue weighted by Gasteiger charge is -2.17. The zero-order valence-corrected chi connectivity index (χ0v) is 16.2. The van der Waals surface area contributed by atoms with Crippen molar-refractivity contribution in [2.75, 3.05) is 11.4 Å². The molecule has 1 aromatic heterocycles. The first-order valence-electron chi connectivity index (χ1n) is 9.75. The van der Waals surface area contributed by atoms with Crippen molar-refractivity contribution in [3.05, 3.63) is 59.9 Å². The Morgan fingerprint density at radius 3 is 2.61 bits per heavy atom. The smallest absolute Gasteiger partial charge is 0.251 e. The van der Waals surface area contributed by atoms with E-state index >= 15 is 0 Å². The molecule has 6 nitrogen and oxygen atoms in total. The van der Waals surface area contributed by atoms with Gasteiger partial charge in [-0.25, -0.2) is 4.98 Å². The Bertz CT molecular complexity index is 1020. The molecule has 0 saturated carbocycles. The predicted octanol–water partition coefficient (Wildman–Crippen LogP) is 3.67. The first kappa shape index (κ1) is 18.2. The Hall–Kier alpha value is -3.15. The maximum absolute atomic E-state index is 12.7. The van der Waals surface area contributed by atoms with Gasteiger partial charge in [0.05, 0.1) is 17.1 Å². The number of para-hydroxylation sites is 2. The lowest BCUT2D eigenvalue weighted by molar-refractivity contribution is -0.117. The van der Waals surface area contributed by atoms with E-state index in [4.69, 9.17) is 4.98 Å². The molecular weight excluding hydrogens is 352 g/mol. The van der Waals surface area contributed by atoms with E-state index < -0.39 is 0 Å². The number of aromatic nitrogens is 2. The fourth-order valence-electron chi connectivity index (χ4n) is 3.82. The summed E-state index contributed by atoms with van der Waals surface area (Å²) < 4.78 is 2.13. The van der Waals surface area contributed by atoms with Crippen LogP contribution in [-0.2, 0) is 11.3 Å². The number of anilines is 1. The molecule has 1 fully saturated rings. The predicted molar refractivity (Wildman–Crippen MR) is 109 cm³/mol. The van der Waals surface area contributed by atoms with E-state index in [2.05, 4.69) is 16.8 Å². The first-order valence-corrected chi connectivity index (χ1v) is 9.75. The summed E-state index contributed by atoms with van der Waals surface area (Å²) in [5.74, 6) is 0.835. The summed E-state index contributed by atoms with van der Waals surface area (Å²) in [6.45, 7) is 5.55. The number of imidazole rings is 1. The number of nitrogens with zero attached hydrogens (tertiary/aromatic N) is 3. The maximum atomic E-state index is 12.7. The summed E-state index contributed by atoms with van der Waals surface area (Å²) in [5, 5.41) is 3.04. The van der Waals surface area contributed by atoms with Gasteiger partial charge in [0.15, 0.2) is 0 Å². The molecule has 1 aliphatic heterocycles. The van der Waals surface area contributed by atoms with Crippen LogP contribution in [0.3, 0.4) is 0 Å². The van der Waals surface area contributed by atoms with Crippen LogP contribution < -0.4 is 10.2 Å². The maximum Gasteiger partial charge on any atom is 0.251 e. The van der Waals surface area contributed by atoms with E-state index in [-0.39, 0.29) is 17.9 Å². The molecule has 1 N–H and O–H groups in total. The van der Waals surface area contributed by atoms with Gasteiger partial charge in [0.2, 0.25) is 5.91 Å². The minimum Gasteiger partial charge on any atom is -0.342 e. The molecule has 1 aliphatic rings. The van der Waals surface area contributed by atoms with Gasteiger partial charge in [0.1, 0.15) is 5.82 Å². The number of rotatable bonds is 5. The van der Waals surface area contributed by atoms with E-state index in [1.807, 2.05) is 43.3 Å². The summed E-state index contributed by atoms with van der Waals surface area (Å²) in [7, 11) is 0. The highest BCUT2D eigenvalue weighted by Crippen LogP contribution is 2.23. The average Bonchev–Trinajstić information content (AvgIpc) is 3.31. The summed E-state index contributed by atoms with van der Waals surface area (Å²) in [6, 6.07) is 15.0. The molecule has 2 aromatic carbocycles. The average molecular weight is 376 g/mol. The van der Waals surface area contributed by atoms with Gasteiger partial charge in [-0.15, -0.1) is 0 Å². The summed E-state index contributed by atoms with van der Waals surface area (Å²) in [4.78, 5) is 31.1. The topological polar surface area (TPSA) is 67.2 Å². The quantitative estimate of drug-likeness (QED) is 0.739. The third-order valence-corrected chi connectivity index (χ3v) is 5.25. The third-order valence-electron chi connectivity index (χ3n) is 5.25.